The summed E-state index contributed by atoms with van der Waals surface area (Å²) in [5, 5.41) is 1.45. The van der Waals surface area contributed by atoms with Crippen LogP contribution in [-0.2, 0) is 19.4 Å². The number of benzene rings is 2. The molecular formula is C24H30N2. The van der Waals surface area contributed by atoms with Crippen LogP contribution in [0.2, 0.25) is 0 Å². The summed E-state index contributed by atoms with van der Waals surface area (Å²) in [6, 6.07) is 16.8. The van der Waals surface area contributed by atoms with Gasteiger partial charge < -0.3 is 4.57 Å². The Balaban J connectivity index is 1.82. The molecule has 4 rings (SSSR count). The quantitative estimate of drug-likeness (QED) is 0.613. The van der Waals surface area contributed by atoms with Gasteiger partial charge in [-0.15, -0.1) is 0 Å². The summed E-state index contributed by atoms with van der Waals surface area (Å²) in [5.41, 5.74) is 8.72. The van der Waals surface area contributed by atoms with E-state index < -0.39 is 0 Å². The Kier molecular flexibility index (Phi) is 4.40. The Morgan fingerprint density at radius 2 is 1.81 bits per heavy atom. The molecular weight excluding hydrogens is 316 g/mol. The molecule has 0 spiro atoms. The highest BCUT2D eigenvalue weighted by atomic mass is 15.2. The molecule has 136 valence electrons. The number of likely N-dealkylation sites (N-methyl/N-ethyl adjacent to an activating group) is 1. The van der Waals surface area contributed by atoms with Crippen LogP contribution in [0.1, 0.15) is 47.8 Å². The van der Waals surface area contributed by atoms with E-state index in [1.54, 1.807) is 11.3 Å². The van der Waals surface area contributed by atoms with Crippen LogP contribution in [0.5, 0.6) is 0 Å². The summed E-state index contributed by atoms with van der Waals surface area (Å²) >= 11 is 0. The van der Waals surface area contributed by atoms with Crippen molar-refractivity contribution in [1.82, 2.24) is 9.47 Å². The van der Waals surface area contributed by atoms with Gasteiger partial charge in [0.25, 0.3) is 0 Å². The van der Waals surface area contributed by atoms with Crippen molar-refractivity contribution in [2.45, 2.75) is 59.2 Å². The lowest BCUT2D eigenvalue weighted by Crippen LogP contribution is -2.38. The first-order valence-electron chi connectivity index (χ1n) is 9.85. The molecule has 3 aromatic rings. The van der Waals surface area contributed by atoms with Crippen LogP contribution >= 0.6 is 0 Å². The number of nitrogens with zero attached hydrogens (tertiary/aromatic N) is 2. The Labute approximate surface area is 157 Å². The van der Waals surface area contributed by atoms with Crippen LogP contribution in [0.15, 0.2) is 42.5 Å². The van der Waals surface area contributed by atoms with Crippen molar-refractivity contribution in [2.75, 3.05) is 7.05 Å². The summed E-state index contributed by atoms with van der Waals surface area (Å²) in [6.07, 6.45) is 2.23. The Morgan fingerprint density at radius 1 is 1.04 bits per heavy atom. The average Bonchev–Trinajstić information content (AvgIpc) is 2.91. The second kappa shape index (κ2) is 6.59. The van der Waals surface area contributed by atoms with Gasteiger partial charge in [0, 0.05) is 41.6 Å². The molecule has 26 heavy (non-hydrogen) atoms. The second-order valence-electron chi connectivity index (χ2n) is 8.10. The van der Waals surface area contributed by atoms with Crippen molar-refractivity contribution in [2.24, 2.45) is 0 Å². The maximum atomic E-state index is 2.61. The van der Waals surface area contributed by atoms with Gasteiger partial charge in [0.1, 0.15) is 0 Å². The Morgan fingerprint density at radius 3 is 2.58 bits per heavy atom. The first-order valence-corrected chi connectivity index (χ1v) is 9.85. The number of hydrogen-bond donors (Lipinski definition) is 0. The largest absolute Gasteiger partial charge is 0.344 e. The van der Waals surface area contributed by atoms with Crippen LogP contribution in [0, 0.1) is 13.8 Å². The summed E-state index contributed by atoms with van der Waals surface area (Å²) in [7, 11) is 2.27. The smallest absolute Gasteiger partial charge is 0.0486 e. The van der Waals surface area contributed by atoms with Gasteiger partial charge in [0.05, 0.1) is 0 Å². The minimum Gasteiger partial charge on any atom is -0.344 e. The van der Waals surface area contributed by atoms with Crippen LogP contribution in [0.25, 0.3) is 10.9 Å². The fourth-order valence-electron chi connectivity index (χ4n) is 4.62. The minimum atomic E-state index is 0.470. The number of rotatable bonds is 3. The van der Waals surface area contributed by atoms with E-state index in [4.69, 9.17) is 0 Å². The molecule has 2 heteroatoms. The van der Waals surface area contributed by atoms with E-state index in [2.05, 4.69) is 86.7 Å². The Bertz CT molecular complexity index is 950. The van der Waals surface area contributed by atoms with Crippen LogP contribution in [0.3, 0.4) is 0 Å². The van der Waals surface area contributed by atoms with Crippen LogP contribution in [0.4, 0.5) is 0 Å². The van der Waals surface area contributed by atoms with Crippen molar-refractivity contribution in [3.63, 3.8) is 0 Å². The Hall–Kier alpha value is -2.06. The molecule has 0 N–H and O–H groups in total. The summed E-state index contributed by atoms with van der Waals surface area (Å²) in [5.74, 6) is 0. The maximum absolute atomic E-state index is 2.61. The fraction of sp³-hybridized carbons (Fsp3) is 0.417. The van der Waals surface area contributed by atoms with Crippen molar-refractivity contribution in [3.8, 4) is 0 Å². The topological polar surface area (TPSA) is 8.17 Å². The zero-order valence-electron chi connectivity index (χ0n) is 16.7. The van der Waals surface area contributed by atoms with Gasteiger partial charge in [-0.3, -0.25) is 4.90 Å². The van der Waals surface area contributed by atoms with Gasteiger partial charge in [-0.2, -0.15) is 0 Å². The molecule has 0 saturated heterocycles. The highest BCUT2D eigenvalue weighted by Gasteiger charge is 2.31. The van der Waals surface area contributed by atoms with Gasteiger partial charge in [-0.1, -0.05) is 35.9 Å². The first kappa shape index (κ1) is 17.4. The third-order valence-corrected chi connectivity index (χ3v) is 6.45. The zero-order valence-corrected chi connectivity index (χ0v) is 16.7. The lowest BCUT2D eigenvalue weighted by molar-refractivity contribution is 0.177. The third kappa shape index (κ3) is 2.77. The molecule has 2 unspecified atom stereocenters. The number of aryl methyl sites for hydroxylation is 4. The maximum Gasteiger partial charge on any atom is 0.0486 e. The molecule has 0 bridgehead atoms. The van der Waals surface area contributed by atoms with Crippen LogP contribution < -0.4 is 0 Å². The number of hydrogen-bond acceptors (Lipinski definition) is 1. The molecule has 1 aromatic heterocycles. The first-order chi connectivity index (χ1) is 12.5. The van der Waals surface area contributed by atoms with E-state index in [1.807, 2.05) is 0 Å². The van der Waals surface area contributed by atoms with E-state index in [1.165, 1.54) is 27.6 Å². The van der Waals surface area contributed by atoms with Gasteiger partial charge in [0.15, 0.2) is 0 Å². The average molecular weight is 347 g/mol. The van der Waals surface area contributed by atoms with Crippen molar-refractivity contribution in [3.05, 3.63) is 70.4 Å². The zero-order chi connectivity index (χ0) is 18.4. The normalized spacial score (nSPS) is 20.5. The fourth-order valence-corrected chi connectivity index (χ4v) is 4.62. The third-order valence-electron chi connectivity index (χ3n) is 6.45. The van der Waals surface area contributed by atoms with E-state index in [0.717, 1.165) is 19.4 Å². The van der Waals surface area contributed by atoms with Crippen molar-refractivity contribution < 1.29 is 0 Å². The standard InChI is InChI=1S/C24H30N2/c1-16-10-11-22-21(14-16)24-19(4)25(5)18(3)15-23(24)26(22)13-12-20-9-7-6-8-17(20)2/h6-11,14,18-19H,12-13,15H2,1-5H3. The molecule has 2 heterocycles. The van der Waals surface area contributed by atoms with E-state index in [-0.39, 0.29) is 0 Å². The van der Waals surface area contributed by atoms with E-state index >= 15 is 0 Å². The van der Waals surface area contributed by atoms with Crippen molar-refractivity contribution >= 4 is 10.9 Å². The lowest BCUT2D eigenvalue weighted by atomic mass is 9.93. The molecule has 0 aliphatic carbocycles. The van der Waals surface area contributed by atoms with E-state index in [9.17, 15) is 0 Å². The highest BCUT2D eigenvalue weighted by molar-refractivity contribution is 5.87. The molecule has 1 aliphatic rings. The molecule has 0 amide bonds. The highest BCUT2D eigenvalue weighted by Crippen LogP contribution is 2.39. The summed E-state index contributed by atoms with van der Waals surface area (Å²) < 4.78 is 2.61. The van der Waals surface area contributed by atoms with Gasteiger partial charge >= 0.3 is 0 Å². The SMILES string of the molecule is Cc1ccc2c(c1)c1c(n2CCc2ccccc2C)CC(C)N(C)C1C. The summed E-state index contributed by atoms with van der Waals surface area (Å²) in [6.45, 7) is 10.2. The molecule has 2 aromatic carbocycles. The minimum absolute atomic E-state index is 0.470. The van der Waals surface area contributed by atoms with Gasteiger partial charge in [-0.25, -0.2) is 0 Å². The second-order valence-corrected chi connectivity index (χ2v) is 8.10. The lowest BCUT2D eigenvalue weighted by Gasteiger charge is -2.37. The predicted octanol–water partition coefficient (Wildman–Crippen LogP) is 5.44. The summed E-state index contributed by atoms with van der Waals surface area (Å²) in [4.78, 5) is 2.52. The monoisotopic (exact) mass is 346 g/mol. The predicted molar refractivity (Wildman–Crippen MR) is 111 cm³/mol. The molecule has 1 aliphatic heterocycles. The van der Waals surface area contributed by atoms with E-state index in [0.29, 0.717) is 12.1 Å². The van der Waals surface area contributed by atoms with Crippen molar-refractivity contribution in [1.29, 1.82) is 0 Å². The molecule has 0 fully saturated rings. The molecule has 0 radical (unpaired) electrons. The van der Waals surface area contributed by atoms with Crippen LogP contribution in [-0.4, -0.2) is 22.6 Å². The van der Waals surface area contributed by atoms with Gasteiger partial charge in [-0.05, 0) is 70.0 Å². The molecule has 0 saturated carbocycles. The number of aromatic nitrogens is 1. The molecule has 2 atom stereocenters. The van der Waals surface area contributed by atoms with Gasteiger partial charge in [0.2, 0.25) is 0 Å². The number of fused-ring (bicyclic) bond motifs is 3. The molecule has 2 nitrogen and oxygen atoms in total.